The number of nitrogens with zero attached hydrogens (tertiary/aromatic N) is 3. The third kappa shape index (κ3) is 3.54. The summed E-state index contributed by atoms with van der Waals surface area (Å²) in [4.78, 5) is 2.39. The van der Waals surface area contributed by atoms with Crippen LogP contribution in [0.4, 0.5) is 0 Å². The Bertz CT molecular complexity index is 535. The molecule has 3 rings (SSSR count). The summed E-state index contributed by atoms with van der Waals surface area (Å²) >= 11 is 0. The fraction of sp³-hybridized carbons (Fsp3) is 0.824. The summed E-state index contributed by atoms with van der Waals surface area (Å²) in [6.07, 6.45) is 0.941. The number of hydrogen-bond donors (Lipinski definition) is 0. The molecule has 23 heavy (non-hydrogen) atoms. The average Bonchev–Trinajstić information content (AvgIpc) is 3.17. The molecular weight excluding hydrogens is 294 g/mol. The molecule has 3 heterocycles. The lowest BCUT2D eigenvalue weighted by Crippen LogP contribution is -2.34. The third-order valence-corrected chi connectivity index (χ3v) is 4.49. The van der Waals surface area contributed by atoms with Gasteiger partial charge in [-0.2, -0.15) is 5.10 Å². The van der Waals surface area contributed by atoms with Crippen LogP contribution in [0.5, 0.6) is 5.88 Å². The lowest BCUT2D eigenvalue weighted by Gasteiger charge is -2.22. The van der Waals surface area contributed by atoms with Crippen LogP contribution in [0.25, 0.3) is 0 Å². The van der Waals surface area contributed by atoms with Gasteiger partial charge in [0.25, 0.3) is 0 Å². The largest absolute Gasteiger partial charge is 0.478 e. The standard InChI is InChI=1S/C17H29N3O3/c1-5-21-16-15(14(4)18-20(16)10-13(2)3)11-19-7-6-17(12-19)22-8-9-23-17/h13H,5-12H2,1-4H3. The van der Waals surface area contributed by atoms with Gasteiger partial charge in [0.2, 0.25) is 5.88 Å². The SMILES string of the molecule is CCOc1c(CN2CCC3(C2)OCCO3)c(C)nn1CC(C)C. The van der Waals surface area contributed by atoms with E-state index < -0.39 is 0 Å². The van der Waals surface area contributed by atoms with E-state index in [1.165, 1.54) is 5.56 Å². The number of aryl methyl sites for hydroxylation is 1. The Morgan fingerprint density at radius 2 is 2.04 bits per heavy atom. The monoisotopic (exact) mass is 323 g/mol. The smallest absolute Gasteiger partial charge is 0.216 e. The Kier molecular flexibility index (Phi) is 4.94. The van der Waals surface area contributed by atoms with E-state index >= 15 is 0 Å². The van der Waals surface area contributed by atoms with E-state index in [1.54, 1.807) is 0 Å². The zero-order valence-electron chi connectivity index (χ0n) is 14.8. The van der Waals surface area contributed by atoms with Crippen molar-refractivity contribution in [3.05, 3.63) is 11.3 Å². The highest BCUT2D eigenvalue weighted by molar-refractivity contribution is 5.31. The van der Waals surface area contributed by atoms with Crippen LogP contribution in [0.15, 0.2) is 0 Å². The third-order valence-electron chi connectivity index (χ3n) is 4.49. The summed E-state index contributed by atoms with van der Waals surface area (Å²) in [5, 5.41) is 4.70. The lowest BCUT2D eigenvalue weighted by atomic mass is 10.2. The molecular formula is C17H29N3O3. The van der Waals surface area contributed by atoms with E-state index in [9.17, 15) is 0 Å². The number of aromatic nitrogens is 2. The molecule has 2 saturated heterocycles. The van der Waals surface area contributed by atoms with Crippen LogP contribution in [0.1, 0.15) is 38.4 Å². The van der Waals surface area contributed by atoms with Crippen molar-refractivity contribution >= 4 is 0 Å². The van der Waals surface area contributed by atoms with Crippen LogP contribution in [0, 0.1) is 12.8 Å². The van der Waals surface area contributed by atoms with Crippen molar-refractivity contribution in [1.29, 1.82) is 0 Å². The summed E-state index contributed by atoms with van der Waals surface area (Å²) in [6, 6.07) is 0. The summed E-state index contributed by atoms with van der Waals surface area (Å²) in [6.45, 7) is 14.1. The van der Waals surface area contributed by atoms with Gasteiger partial charge in [-0.3, -0.25) is 4.90 Å². The van der Waals surface area contributed by atoms with Crippen LogP contribution >= 0.6 is 0 Å². The Morgan fingerprint density at radius 1 is 1.30 bits per heavy atom. The minimum absolute atomic E-state index is 0.367. The van der Waals surface area contributed by atoms with Crippen molar-refractivity contribution in [2.75, 3.05) is 32.9 Å². The number of ether oxygens (including phenoxy) is 3. The van der Waals surface area contributed by atoms with Crippen molar-refractivity contribution in [2.24, 2.45) is 5.92 Å². The van der Waals surface area contributed by atoms with Gasteiger partial charge >= 0.3 is 0 Å². The van der Waals surface area contributed by atoms with Gasteiger partial charge in [-0.25, -0.2) is 4.68 Å². The van der Waals surface area contributed by atoms with E-state index in [0.29, 0.717) is 25.7 Å². The Labute approximate surface area is 138 Å². The number of likely N-dealkylation sites (tertiary alicyclic amines) is 1. The van der Waals surface area contributed by atoms with Gasteiger partial charge in [-0.05, 0) is 19.8 Å². The number of rotatable bonds is 6. The first-order valence-electron chi connectivity index (χ1n) is 8.72. The topological polar surface area (TPSA) is 48.8 Å². The van der Waals surface area contributed by atoms with E-state index in [0.717, 1.165) is 44.2 Å². The second-order valence-corrected chi connectivity index (χ2v) is 6.95. The minimum atomic E-state index is -0.367. The minimum Gasteiger partial charge on any atom is -0.478 e. The van der Waals surface area contributed by atoms with Crippen molar-refractivity contribution in [1.82, 2.24) is 14.7 Å². The molecule has 0 amide bonds. The zero-order valence-corrected chi connectivity index (χ0v) is 14.8. The highest BCUT2D eigenvalue weighted by Crippen LogP contribution is 2.33. The first kappa shape index (κ1) is 16.7. The average molecular weight is 323 g/mol. The normalized spacial score (nSPS) is 20.9. The highest BCUT2D eigenvalue weighted by Gasteiger charge is 2.43. The molecule has 0 N–H and O–H groups in total. The van der Waals surface area contributed by atoms with Gasteiger partial charge < -0.3 is 14.2 Å². The molecule has 0 bridgehead atoms. The molecule has 1 aromatic heterocycles. The molecule has 2 fully saturated rings. The molecule has 6 nitrogen and oxygen atoms in total. The Morgan fingerprint density at radius 3 is 2.70 bits per heavy atom. The maximum atomic E-state index is 5.93. The molecule has 0 aliphatic carbocycles. The molecule has 0 saturated carbocycles. The quantitative estimate of drug-likeness (QED) is 0.803. The predicted octanol–water partition coefficient (Wildman–Crippen LogP) is 2.20. The Balaban J connectivity index is 1.75. The zero-order chi connectivity index (χ0) is 16.4. The molecule has 0 aromatic carbocycles. The van der Waals surface area contributed by atoms with Gasteiger partial charge in [0, 0.05) is 26.1 Å². The van der Waals surface area contributed by atoms with Crippen molar-refractivity contribution in [2.45, 2.75) is 53.0 Å². The first-order chi connectivity index (χ1) is 11.0. The van der Waals surface area contributed by atoms with Crippen LogP contribution in [-0.2, 0) is 22.6 Å². The summed E-state index contributed by atoms with van der Waals surface area (Å²) < 4.78 is 19.6. The molecule has 0 atom stereocenters. The second kappa shape index (κ2) is 6.79. The lowest BCUT2D eigenvalue weighted by molar-refractivity contribution is -0.145. The number of hydrogen-bond acceptors (Lipinski definition) is 5. The molecule has 2 aliphatic rings. The predicted molar refractivity (Wildman–Crippen MR) is 87.5 cm³/mol. The van der Waals surface area contributed by atoms with Gasteiger partial charge in [0.15, 0.2) is 5.79 Å². The first-order valence-corrected chi connectivity index (χ1v) is 8.72. The van der Waals surface area contributed by atoms with Crippen LogP contribution < -0.4 is 4.74 Å². The fourth-order valence-corrected chi connectivity index (χ4v) is 3.47. The van der Waals surface area contributed by atoms with E-state index in [-0.39, 0.29) is 5.79 Å². The maximum Gasteiger partial charge on any atom is 0.216 e. The van der Waals surface area contributed by atoms with Gasteiger partial charge in [-0.15, -0.1) is 0 Å². The second-order valence-electron chi connectivity index (χ2n) is 6.95. The van der Waals surface area contributed by atoms with E-state index in [2.05, 4.69) is 25.7 Å². The molecule has 1 spiro atoms. The van der Waals surface area contributed by atoms with Crippen LogP contribution in [0.3, 0.4) is 0 Å². The molecule has 130 valence electrons. The van der Waals surface area contributed by atoms with Crippen molar-refractivity contribution in [3.63, 3.8) is 0 Å². The molecule has 0 radical (unpaired) electrons. The van der Waals surface area contributed by atoms with E-state index in [4.69, 9.17) is 19.3 Å². The van der Waals surface area contributed by atoms with Gasteiger partial charge in [0.1, 0.15) is 0 Å². The highest BCUT2D eigenvalue weighted by atomic mass is 16.7. The van der Waals surface area contributed by atoms with Gasteiger partial charge in [-0.1, -0.05) is 13.8 Å². The summed E-state index contributed by atoms with van der Waals surface area (Å²) in [7, 11) is 0. The summed E-state index contributed by atoms with van der Waals surface area (Å²) in [5.41, 5.74) is 2.26. The summed E-state index contributed by atoms with van der Waals surface area (Å²) in [5.74, 6) is 1.10. The molecule has 2 aliphatic heterocycles. The molecule has 1 aromatic rings. The van der Waals surface area contributed by atoms with Crippen molar-refractivity contribution in [3.8, 4) is 5.88 Å². The van der Waals surface area contributed by atoms with Crippen LogP contribution in [0.2, 0.25) is 0 Å². The fourth-order valence-electron chi connectivity index (χ4n) is 3.47. The Hall–Kier alpha value is -1.11. The van der Waals surface area contributed by atoms with E-state index in [1.807, 2.05) is 11.6 Å². The molecule has 0 unspecified atom stereocenters. The molecule has 6 heteroatoms. The maximum absolute atomic E-state index is 5.93. The van der Waals surface area contributed by atoms with Gasteiger partial charge in [0.05, 0.1) is 37.6 Å². The van der Waals surface area contributed by atoms with Crippen LogP contribution in [-0.4, -0.2) is 53.4 Å². The van der Waals surface area contributed by atoms with Crippen molar-refractivity contribution < 1.29 is 14.2 Å².